The van der Waals surface area contributed by atoms with Crippen molar-refractivity contribution in [1.82, 2.24) is 10.6 Å². The van der Waals surface area contributed by atoms with E-state index >= 15 is 0 Å². The van der Waals surface area contributed by atoms with Crippen LogP contribution in [-0.2, 0) is 22.4 Å². The molecule has 0 spiro atoms. The predicted octanol–water partition coefficient (Wildman–Crippen LogP) is 3.61. The van der Waals surface area contributed by atoms with Crippen LogP contribution in [0.25, 0.3) is 0 Å². The minimum absolute atomic E-state index is 0.280. The quantitative estimate of drug-likeness (QED) is 0.459. The Hall–Kier alpha value is -3.64. The molecule has 3 amide bonds. The Morgan fingerprint density at radius 2 is 1.25 bits per heavy atom. The van der Waals surface area contributed by atoms with Crippen molar-refractivity contribution in [2.24, 2.45) is 0 Å². The van der Waals surface area contributed by atoms with Gasteiger partial charge in [0.05, 0.1) is 11.3 Å². The molecule has 0 aliphatic heterocycles. The van der Waals surface area contributed by atoms with E-state index in [9.17, 15) is 14.4 Å². The van der Waals surface area contributed by atoms with Gasteiger partial charge in [0.2, 0.25) is 0 Å². The first kappa shape index (κ1) is 23.0. The number of para-hydroxylation sites is 1. The normalized spacial score (nSPS) is 10.3. The topological polar surface area (TPSA) is 87.3 Å². The Morgan fingerprint density at radius 3 is 1.97 bits per heavy atom. The number of carbonyl (C=O) groups excluding carboxylic acids is 3. The van der Waals surface area contributed by atoms with Gasteiger partial charge in [0.15, 0.2) is 0 Å². The summed E-state index contributed by atoms with van der Waals surface area (Å²) in [7, 11) is 0. The summed E-state index contributed by atoms with van der Waals surface area (Å²) in [4.78, 5) is 37.0. The zero-order valence-electron chi connectivity index (χ0n) is 17.4. The molecule has 0 fully saturated rings. The van der Waals surface area contributed by atoms with Crippen LogP contribution in [0.15, 0.2) is 78.9 Å². The average molecular weight is 450 g/mol. The molecule has 32 heavy (non-hydrogen) atoms. The lowest BCUT2D eigenvalue weighted by Crippen LogP contribution is -2.37. The molecule has 164 valence electrons. The minimum atomic E-state index is -0.828. The van der Waals surface area contributed by atoms with Crippen molar-refractivity contribution in [3.8, 4) is 0 Å². The molecule has 0 radical (unpaired) electrons. The van der Waals surface area contributed by atoms with Gasteiger partial charge in [0.25, 0.3) is 5.91 Å². The molecule has 0 aliphatic carbocycles. The summed E-state index contributed by atoms with van der Waals surface area (Å²) in [5, 5.41) is 8.59. The molecule has 7 heteroatoms. The van der Waals surface area contributed by atoms with Gasteiger partial charge in [-0.3, -0.25) is 14.4 Å². The first-order valence-electron chi connectivity index (χ1n) is 10.3. The number of nitrogens with one attached hydrogen (secondary N) is 3. The lowest BCUT2D eigenvalue weighted by Gasteiger charge is -2.12. The number of hydrogen-bond acceptors (Lipinski definition) is 3. The largest absolute Gasteiger partial charge is 0.352 e. The molecule has 0 aliphatic rings. The van der Waals surface area contributed by atoms with Crippen molar-refractivity contribution in [2.45, 2.75) is 12.8 Å². The SMILES string of the molecule is O=C(NCCc1ccc(Cl)cc1)C(=O)Nc1ccccc1C(=O)NCCc1ccccc1. The second-order valence-corrected chi connectivity index (χ2v) is 7.56. The number of rotatable bonds is 8. The van der Waals surface area contributed by atoms with Gasteiger partial charge in [0.1, 0.15) is 0 Å². The van der Waals surface area contributed by atoms with E-state index in [0.29, 0.717) is 36.5 Å². The van der Waals surface area contributed by atoms with Crippen LogP contribution < -0.4 is 16.0 Å². The van der Waals surface area contributed by atoms with Crippen LogP contribution in [0.4, 0.5) is 5.69 Å². The van der Waals surface area contributed by atoms with E-state index in [-0.39, 0.29) is 11.6 Å². The van der Waals surface area contributed by atoms with Crippen LogP contribution in [0.2, 0.25) is 5.02 Å². The average Bonchev–Trinajstić information content (AvgIpc) is 2.81. The summed E-state index contributed by atoms with van der Waals surface area (Å²) in [5.74, 6) is -1.91. The number of amides is 3. The summed E-state index contributed by atoms with van der Waals surface area (Å²) in [6, 6.07) is 23.7. The fourth-order valence-corrected chi connectivity index (χ4v) is 3.21. The lowest BCUT2D eigenvalue weighted by molar-refractivity contribution is -0.136. The van der Waals surface area contributed by atoms with Crippen molar-refractivity contribution in [1.29, 1.82) is 0 Å². The molecule has 3 rings (SSSR count). The summed E-state index contributed by atoms with van der Waals surface area (Å²) in [6.07, 6.45) is 1.26. The molecular formula is C25H24ClN3O3. The van der Waals surface area contributed by atoms with Gasteiger partial charge >= 0.3 is 11.8 Å². The highest BCUT2D eigenvalue weighted by Crippen LogP contribution is 2.15. The standard InChI is InChI=1S/C25H24ClN3O3/c26-20-12-10-19(11-13-20)15-17-28-24(31)25(32)29-22-9-5-4-8-21(22)23(30)27-16-14-18-6-2-1-3-7-18/h1-13H,14-17H2,(H,27,30)(H,28,31)(H,29,32). The van der Waals surface area contributed by atoms with E-state index in [1.807, 2.05) is 42.5 Å². The maximum absolute atomic E-state index is 12.6. The molecule has 3 aromatic rings. The predicted molar refractivity (Wildman–Crippen MR) is 126 cm³/mol. The van der Waals surface area contributed by atoms with Crippen LogP contribution in [0.3, 0.4) is 0 Å². The molecule has 0 heterocycles. The summed E-state index contributed by atoms with van der Waals surface area (Å²) in [5.41, 5.74) is 2.68. The van der Waals surface area contributed by atoms with Crippen molar-refractivity contribution < 1.29 is 14.4 Å². The zero-order chi connectivity index (χ0) is 22.8. The molecule has 0 bridgehead atoms. The number of benzene rings is 3. The van der Waals surface area contributed by atoms with Gasteiger partial charge < -0.3 is 16.0 Å². The molecule has 0 atom stereocenters. The fourth-order valence-electron chi connectivity index (χ4n) is 3.08. The fraction of sp³-hybridized carbons (Fsp3) is 0.160. The van der Waals surface area contributed by atoms with Crippen molar-refractivity contribution in [3.63, 3.8) is 0 Å². The highest BCUT2D eigenvalue weighted by Gasteiger charge is 2.17. The van der Waals surface area contributed by atoms with Crippen LogP contribution in [0.1, 0.15) is 21.5 Å². The number of carbonyl (C=O) groups is 3. The zero-order valence-corrected chi connectivity index (χ0v) is 18.2. The summed E-state index contributed by atoms with van der Waals surface area (Å²) < 4.78 is 0. The Morgan fingerprint density at radius 1 is 0.656 bits per heavy atom. The van der Waals surface area contributed by atoms with Crippen molar-refractivity contribution >= 4 is 35.0 Å². The van der Waals surface area contributed by atoms with Gasteiger partial charge in [-0.1, -0.05) is 66.2 Å². The maximum Gasteiger partial charge on any atom is 0.313 e. The number of hydrogen-bond donors (Lipinski definition) is 3. The summed E-state index contributed by atoms with van der Waals surface area (Å²) >= 11 is 5.85. The maximum atomic E-state index is 12.6. The Labute approximate surface area is 192 Å². The second-order valence-electron chi connectivity index (χ2n) is 7.12. The molecule has 0 aromatic heterocycles. The lowest BCUT2D eigenvalue weighted by atomic mass is 10.1. The van der Waals surface area contributed by atoms with Crippen LogP contribution >= 0.6 is 11.6 Å². The Balaban J connectivity index is 1.50. The van der Waals surface area contributed by atoms with Crippen molar-refractivity contribution in [3.05, 3.63) is 101 Å². The van der Waals surface area contributed by atoms with Gasteiger partial charge in [-0.25, -0.2) is 0 Å². The van der Waals surface area contributed by atoms with Crippen LogP contribution in [0.5, 0.6) is 0 Å². The molecule has 0 unspecified atom stereocenters. The Bertz CT molecular complexity index is 1070. The third-order valence-corrected chi connectivity index (χ3v) is 5.03. The van der Waals surface area contributed by atoms with Gasteiger partial charge in [0, 0.05) is 18.1 Å². The molecule has 3 N–H and O–H groups in total. The van der Waals surface area contributed by atoms with E-state index in [4.69, 9.17) is 11.6 Å². The monoisotopic (exact) mass is 449 g/mol. The van der Waals surface area contributed by atoms with E-state index in [0.717, 1.165) is 11.1 Å². The number of halogens is 1. The molecule has 3 aromatic carbocycles. The molecule has 6 nitrogen and oxygen atoms in total. The highest BCUT2D eigenvalue weighted by atomic mass is 35.5. The van der Waals surface area contributed by atoms with E-state index < -0.39 is 11.8 Å². The number of anilines is 1. The first-order chi connectivity index (χ1) is 15.5. The van der Waals surface area contributed by atoms with E-state index in [1.165, 1.54) is 0 Å². The van der Waals surface area contributed by atoms with Crippen LogP contribution in [0, 0.1) is 0 Å². The third-order valence-electron chi connectivity index (χ3n) is 4.78. The van der Waals surface area contributed by atoms with E-state index in [2.05, 4.69) is 16.0 Å². The second kappa shape index (κ2) is 11.7. The molecular weight excluding hydrogens is 426 g/mol. The molecule has 0 saturated carbocycles. The van der Waals surface area contributed by atoms with Crippen LogP contribution in [-0.4, -0.2) is 30.8 Å². The third kappa shape index (κ3) is 6.96. The summed E-state index contributed by atoms with van der Waals surface area (Å²) in [6.45, 7) is 0.756. The highest BCUT2D eigenvalue weighted by molar-refractivity contribution is 6.40. The van der Waals surface area contributed by atoms with Gasteiger partial charge in [-0.2, -0.15) is 0 Å². The smallest absolute Gasteiger partial charge is 0.313 e. The van der Waals surface area contributed by atoms with Gasteiger partial charge in [-0.15, -0.1) is 0 Å². The molecule has 0 saturated heterocycles. The first-order valence-corrected chi connectivity index (χ1v) is 10.7. The van der Waals surface area contributed by atoms with Gasteiger partial charge in [-0.05, 0) is 48.2 Å². The Kier molecular flexibility index (Phi) is 8.40. The van der Waals surface area contributed by atoms with E-state index in [1.54, 1.807) is 36.4 Å². The van der Waals surface area contributed by atoms with Crippen molar-refractivity contribution in [2.75, 3.05) is 18.4 Å². The minimum Gasteiger partial charge on any atom is -0.352 e.